The van der Waals surface area contributed by atoms with Gasteiger partial charge in [-0.05, 0) is 82.5 Å². The number of nitrogens with one attached hydrogen (secondary N) is 1. The molecule has 4 aliphatic carbocycles. The second-order valence-corrected chi connectivity index (χ2v) is 8.24. The minimum absolute atomic E-state index is 0.0454. The quantitative estimate of drug-likeness (QED) is 0.809. The molecule has 4 bridgehead atoms. The van der Waals surface area contributed by atoms with Crippen LogP contribution in [0.15, 0.2) is 0 Å². The summed E-state index contributed by atoms with van der Waals surface area (Å²) >= 11 is 0. The fourth-order valence-electron chi connectivity index (χ4n) is 5.29. The van der Waals surface area contributed by atoms with Crippen LogP contribution in [0.5, 0.6) is 0 Å². The van der Waals surface area contributed by atoms with Gasteiger partial charge in [-0.15, -0.1) is 0 Å². The van der Waals surface area contributed by atoms with E-state index < -0.39 is 0 Å². The van der Waals surface area contributed by atoms with Gasteiger partial charge >= 0.3 is 0 Å². The van der Waals surface area contributed by atoms with Crippen molar-refractivity contribution in [1.29, 1.82) is 5.26 Å². The van der Waals surface area contributed by atoms with E-state index in [9.17, 15) is 5.26 Å². The standard InChI is InChI=1S/C16H26N2/c1-15(2,3)18-14(10-17)16-7-11-4-12(8-16)6-13(5-11)9-16/h11-14,18H,4-9H2,1-3H3. The highest BCUT2D eigenvalue weighted by Crippen LogP contribution is 2.61. The molecule has 2 nitrogen and oxygen atoms in total. The molecule has 4 saturated carbocycles. The van der Waals surface area contributed by atoms with E-state index in [1.807, 2.05) is 0 Å². The smallest absolute Gasteiger partial charge is 0.101 e. The van der Waals surface area contributed by atoms with Crippen molar-refractivity contribution in [1.82, 2.24) is 5.32 Å². The molecule has 0 saturated heterocycles. The van der Waals surface area contributed by atoms with Gasteiger partial charge in [-0.1, -0.05) is 0 Å². The summed E-state index contributed by atoms with van der Waals surface area (Å²) in [6.07, 6.45) is 8.27. The summed E-state index contributed by atoms with van der Waals surface area (Å²) in [5.74, 6) is 2.77. The zero-order valence-electron chi connectivity index (χ0n) is 12.0. The molecule has 0 aromatic rings. The Morgan fingerprint density at radius 3 is 1.83 bits per heavy atom. The molecule has 1 unspecified atom stereocenters. The first kappa shape index (κ1) is 12.5. The monoisotopic (exact) mass is 246 g/mol. The molecule has 4 rings (SSSR count). The molecule has 18 heavy (non-hydrogen) atoms. The maximum atomic E-state index is 9.64. The van der Waals surface area contributed by atoms with Crippen molar-refractivity contribution in [3.63, 3.8) is 0 Å². The Bertz CT molecular complexity index is 336. The van der Waals surface area contributed by atoms with E-state index in [2.05, 4.69) is 32.2 Å². The van der Waals surface area contributed by atoms with Gasteiger partial charge in [0.1, 0.15) is 6.04 Å². The Hall–Kier alpha value is -0.550. The van der Waals surface area contributed by atoms with Crippen LogP contribution in [0.2, 0.25) is 0 Å². The maximum absolute atomic E-state index is 9.64. The topological polar surface area (TPSA) is 35.8 Å². The SMILES string of the molecule is CC(C)(C)NC(C#N)C12CC3CC(CC(C3)C1)C2. The molecular weight excluding hydrogens is 220 g/mol. The average molecular weight is 246 g/mol. The highest BCUT2D eigenvalue weighted by atomic mass is 15.0. The fourth-order valence-corrected chi connectivity index (χ4v) is 5.29. The lowest BCUT2D eigenvalue weighted by Crippen LogP contribution is -2.58. The first-order chi connectivity index (χ1) is 8.40. The molecule has 0 amide bonds. The van der Waals surface area contributed by atoms with Gasteiger partial charge in [-0.25, -0.2) is 0 Å². The second kappa shape index (κ2) is 3.97. The van der Waals surface area contributed by atoms with Gasteiger partial charge in [-0.2, -0.15) is 5.26 Å². The van der Waals surface area contributed by atoms with Crippen LogP contribution in [0.25, 0.3) is 0 Å². The third-order valence-electron chi connectivity index (χ3n) is 5.40. The molecule has 0 radical (unpaired) electrons. The summed E-state index contributed by atoms with van der Waals surface area (Å²) in [7, 11) is 0. The minimum atomic E-state index is 0.0454. The Morgan fingerprint density at radius 1 is 1.06 bits per heavy atom. The Morgan fingerprint density at radius 2 is 1.50 bits per heavy atom. The molecule has 4 fully saturated rings. The van der Waals surface area contributed by atoms with E-state index >= 15 is 0 Å². The van der Waals surface area contributed by atoms with Crippen molar-refractivity contribution in [3.05, 3.63) is 0 Å². The van der Waals surface area contributed by atoms with E-state index in [0.29, 0.717) is 5.41 Å². The fraction of sp³-hybridized carbons (Fsp3) is 0.938. The van der Waals surface area contributed by atoms with Crippen LogP contribution in [0.3, 0.4) is 0 Å². The van der Waals surface area contributed by atoms with Crippen molar-refractivity contribution in [2.45, 2.75) is 70.9 Å². The Kier molecular flexibility index (Phi) is 2.75. The van der Waals surface area contributed by atoms with E-state index in [-0.39, 0.29) is 11.6 Å². The summed E-state index contributed by atoms with van der Waals surface area (Å²) < 4.78 is 0. The van der Waals surface area contributed by atoms with Crippen molar-refractivity contribution in [2.24, 2.45) is 23.2 Å². The lowest BCUT2D eigenvalue weighted by atomic mass is 9.47. The minimum Gasteiger partial charge on any atom is -0.297 e. The van der Waals surface area contributed by atoms with Crippen molar-refractivity contribution in [3.8, 4) is 6.07 Å². The van der Waals surface area contributed by atoms with Crippen LogP contribution in [-0.2, 0) is 0 Å². The van der Waals surface area contributed by atoms with E-state index in [4.69, 9.17) is 0 Å². The van der Waals surface area contributed by atoms with E-state index in [1.54, 1.807) is 0 Å². The predicted octanol–water partition coefficient (Wildman–Crippen LogP) is 3.48. The van der Waals surface area contributed by atoms with Gasteiger partial charge in [0.25, 0.3) is 0 Å². The van der Waals surface area contributed by atoms with Gasteiger partial charge < -0.3 is 0 Å². The summed E-state index contributed by atoms with van der Waals surface area (Å²) in [6.45, 7) is 6.54. The normalized spacial score (nSPS) is 43.8. The number of rotatable bonds is 2. The van der Waals surface area contributed by atoms with Crippen molar-refractivity contribution in [2.75, 3.05) is 0 Å². The molecule has 0 heterocycles. The number of hydrogen-bond acceptors (Lipinski definition) is 2. The number of hydrogen-bond donors (Lipinski definition) is 1. The van der Waals surface area contributed by atoms with Crippen LogP contribution in [0, 0.1) is 34.5 Å². The van der Waals surface area contributed by atoms with Crippen molar-refractivity contribution >= 4 is 0 Å². The molecule has 100 valence electrons. The van der Waals surface area contributed by atoms with E-state index in [0.717, 1.165) is 17.8 Å². The zero-order valence-corrected chi connectivity index (χ0v) is 12.0. The largest absolute Gasteiger partial charge is 0.297 e. The number of nitriles is 1. The summed E-state index contributed by atoms with van der Waals surface area (Å²) in [4.78, 5) is 0. The van der Waals surface area contributed by atoms with Gasteiger partial charge in [-0.3, -0.25) is 5.32 Å². The molecule has 2 heteroatoms. The first-order valence-corrected chi connectivity index (χ1v) is 7.57. The third-order valence-corrected chi connectivity index (χ3v) is 5.40. The van der Waals surface area contributed by atoms with Crippen LogP contribution < -0.4 is 5.32 Å². The van der Waals surface area contributed by atoms with Gasteiger partial charge in [0.2, 0.25) is 0 Å². The van der Waals surface area contributed by atoms with Gasteiger partial charge in [0.15, 0.2) is 0 Å². The summed E-state index contributed by atoms with van der Waals surface area (Å²) in [5.41, 5.74) is 0.348. The lowest BCUT2D eigenvalue weighted by Gasteiger charge is -2.58. The number of nitrogens with zero attached hydrogens (tertiary/aromatic N) is 1. The Balaban J connectivity index is 1.83. The molecule has 4 aliphatic rings. The third kappa shape index (κ3) is 2.07. The first-order valence-electron chi connectivity index (χ1n) is 7.57. The lowest BCUT2D eigenvalue weighted by molar-refractivity contribution is -0.0669. The summed E-state index contributed by atoms with van der Waals surface area (Å²) in [6, 6.07) is 2.67. The average Bonchev–Trinajstić information content (AvgIpc) is 2.22. The van der Waals surface area contributed by atoms with Crippen LogP contribution in [0.1, 0.15) is 59.3 Å². The highest BCUT2D eigenvalue weighted by molar-refractivity contribution is 5.13. The predicted molar refractivity (Wildman–Crippen MR) is 72.9 cm³/mol. The summed E-state index contributed by atoms with van der Waals surface area (Å²) in [5, 5.41) is 13.2. The zero-order chi connectivity index (χ0) is 13.0. The van der Waals surface area contributed by atoms with Crippen LogP contribution in [-0.4, -0.2) is 11.6 Å². The van der Waals surface area contributed by atoms with Crippen LogP contribution >= 0.6 is 0 Å². The van der Waals surface area contributed by atoms with E-state index in [1.165, 1.54) is 38.5 Å². The van der Waals surface area contributed by atoms with Gasteiger partial charge in [0, 0.05) is 5.54 Å². The molecule has 1 N–H and O–H groups in total. The van der Waals surface area contributed by atoms with Crippen LogP contribution in [0.4, 0.5) is 0 Å². The Labute approximate surface area is 111 Å². The molecule has 0 spiro atoms. The maximum Gasteiger partial charge on any atom is 0.101 e. The van der Waals surface area contributed by atoms with Gasteiger partial charge in [0.05, 0.1) is 6.07 Å². The molecular formula is C16H26N2. The second-order valence-electron chi connectivity index (χ2n) is 8.24. The highest BCUT2D eigenvalue weighted by Gasteiger charge is 2.54. The molecule has 0 aromatic carbocycles. The molecule has 0 aromatic heterocycles. The van der Waals surface area contributed by atoms with Crippen molar-refractivity contribution < 1.29 is 0 Å². The molecule has 0 aliphatic heterocycles. The molecule has 1 atom stereocenters.